The first-order valence-electron chi connectivity index (χ1n) is 15.4. The number of aliphatic hydroxyl groups is 2. The number of fused-ring (bicyclic) bond motifs is 1. The number of ether oxygens (including phenoxy) is 3. The Bertz CT molecular complexity index is 1660. The van der Waals surface area contributed by atoms with E-state index in [4.69, 9.17) is 34.9 Å². The largest absolute Gasteiger partial charge is 0.438 e. The van der Waals surface area contributed by atoms with Gasteiger partial charge in [-0.05, 0) is 18.9 Å². The molecule has 3 heterocycles. The minimum atomic E-state index is -4.64. The van der Waals surface area contributed by atoms with Crippen LogP contribution in [0, 0.1) is 23.2 Å². The highest BCUT2D eigenvalue weighted by atomic mass is 35.5. The highest BCUT2D eigenvalue weighted by Gasteiger charge is 2.47. The minimum absolute atomic E-state index is 0.0912. The van der Waals surface area contributed by atoms with Crippen molar-refractivity contribution in [2.24, 2.45) is 11.8 Å². The number of nitriles is 1. The number of hydrogen-bond acceptors (Lipinski definition) is 15. The fourth-order valence-electron chi connectivity index (χ4n) is 5.29. The van der Waals surface area contributed by atoms with Crippen LogP contribution in [0.2, 0.25) is 5.15 Å². The number of carbonyl (C=O) groups excluding carboxylic acids is 2. The summed E-state index contributed by atoms with van der Waals surface area (Å²) in [6, 6.07) is 3.85. The predicted molar refractivity (Wildman–Crippen MR) is 171 cm³/mol. The molecule has 1 aliphatic heterocycles. The lowest BCUT2D eigenvalue weighted by atomic mass is 10.1. The first-order chi connectivity index (χ1) is 22.6. The topological polar surface area (TPSA) is 226 Å². The Kier molecular flexibility index (Phi) is 12.5. The van der Waals surface area contributed by atoms with Crippen LogP contribution >= 0.6 is 19.2 Å². The third-order valence-electron chi connectivity index (χ3n) is 7.86. The molecule has 19 heteroatoms. The molecule has 0 spiro atoms. The maximum absolute atomic E-state index is 13.5. The number of rotatable bonds is 15. The van der Waals surface area contributed by atoms with E-state index in [1.165, 1.54) is 10.8 Å². The number of nitrogens with one attached hydrogen (secondary N) is 1. The summed E-state index contributed by atoms with van der Waals surface area (Å²) in [6.07, 6.45) is -0.763. The number of aromatic nitrogens is 2. The van der Waals surface area contributed by atoms with Crippen LogP contribution in [-0.4, -0.2) is 89.3 Å². The van der Waals surface area contributed by atoms with Gasteiger partial charge < -0.3 is 34.3 Å². The van der Waals surface area contributed by atoms with E-state index in [1.54, 1.807) is 33.8 Å². The number of hydrogen-bond donors (Lipinski definition) is 3. The van der Waals surface area contributed by atoms with E-state index in [1.807, 2.05) is 0 Å². The fraction of sp³-hybridized carbons (Fsp3) is 0.655. The van der Waals surface area contributed by atoms with Crippen LogP contribution in [0.1, 0.15) is 65.2 Å². The second kappa shape index (κ2) is 15.8. The van der Waals surface area contributed by atoms with E-state index in [9.17, 15) is 38.0 Å². The lowest BCUT2D eigenvalue weighted by Gasteiger charge is -2.21. The van der Waals surface area contributed by atoms with Crippen molar-refractivity contribution in [1.29, 1.82) is 5.26 Å². The number of halogens is 1. The summed E-state index contributed by atoms with van der Waals surface area (Å²) in [5.74, 6) is -3.47. The van der Waals surface area contributed by atoms with Gasteiger partial charge in [-0.1, -0.05) is 52.1 Å². The van der Waals surface area contributed by atoms with Crippen LogP contribution in [-0.2, 0) is 47.2 Å². The standard InChI is InChI=1S/C29H40ClN4O12PS/c1-16(2)28(37)42-13-44-47(39,45-14-43-29(38)17(3)4)15-48(40,41)12-21-23(35)24(36)27(46-21)34-10-9-19-22(32-18-7-5-6-8-18)20(11-31)25(30)33-26(19)34/h9-10,16-18,21,23-24,27,35-36H,5-8,12-15H2,1-4H3,(H,32,33)/t21-,23-,24-,27+/m1/s1. The summed E-state index contributed by atoms with van der Waals surface area (Å²) in [5, 5.41) is 35.4. The Morgan fingerprint density at radius 3 is 2.25 bits per heavy atom. The average molecular weight is 735 g/mol. The molecule has 4 atom stereocenters. The molecule has 48 heavy (non-hydrogen) atoms. The normalized spacial score (nSPS) is 22.0. The van der Waals surface area contributed by atoms with E-state index in [2.05, 4.69) is 16.4 Å². The van der Waals surface area contributed by atoms with E-state index in [0.29, 0.717) is 11.1 Å². The highest BCUT2D eigenvalue weighted by molar-refractivity contribution is 7.97. The Morgan fingerprint density at radius 1 is 1.12 bits per heavy atom. The van der Waals surface area contributed by atoms with Crippen LogP contribution < -0.4 is 5.32 Å². The molecule has 2 aromatic rings. The maximum atomic E-state index is 13.5. The van der Waals surface area contributed by atoms with Gasteiger partial charge in [0.05, 0.1) is 23.3 Å². The summed E-state index contributed by atoms with van der Waals surface area (Å²) in [4.78, 5) is 28.0. The van der Waals surface area contributed by atoms with Crippen molar-refractivity contribution in [2.45, 2.75) is 84.0 Å². The molecule has 2 fully saturated rings. The molecule has 1 saturated heterocycles. The summed E-state index contributed by atoms with van der Waals surface area (Å²) >= 11 is 6.39. The lowest BCUT2D eigenvalue weighted by Crippen LogP contribution is -2.36. The van der Waals surface area contributed by atoms with Crippen molar-refractivity contribution in [3.63, 3.8) is 0 Å². The molecule has 2 aliphatic rings. The Hall–Kier alpha value is -2.81. The molecule has 0 radical (unpaired) electrons. The van der Waals surface area contributed by atoms with Crippen molar-refractivity contribution < 1.29 is 56.0 Å². The molecule has 1 aliphatic carbocycles. The third-order valence-corrected chi connectivity index (χ3v) is 12.8. The van der Waals surface area contributed by atoms with Crippen molar-refractivity contribution in [2.75, 3.05) is 30.1 Å². The molecule has 266 valence electrons. The van der Waals surface area contributed by atoms with Crippen LogP contribution in [0.5, 0.6) is 0 Å². The van der Waals surface area contributed by atoms with Crippen LogP contribution in [0.3, 0.4) is 0 Å². The second-order valence-corrected chi connectivity index (χ2v) is 17.2. The summed E-state index contributed by atoms with van der Waals surface area (Å²) in [6.45, 7) is 4.35. The van der Waals surface area contributed by atoms with Gasteiger partial charge in [0.15, 0.2) is 26.7 Å². The molecular weight excluding hydrogens is 695 g/mol. The summed E-state index contributed by atoms with van der Waals surface area (Å²) < 4.78 is 67.1. The van der Waals surface area contributed by atoms with E-state index in [0.717, 1.165) is 25.7 Å². The van der Waals surface area contributed by atoms with Crippen LogP contribution in [0.4, 0.5) is 5.69 Å². The molecule has 2 aromatic heterocycles. The lowest BCUT2D eigenvalue weighted by molar-refractivity contribution is -0.156. The molecule has 0 aromatic carbocycles. The van der Waals surface area contributed by atoms with Gasteiger partial charge in [-0.25, -0.2) is 13.4 Å². The molecule has 1 saturated carbocycles. The van der Waals surface area contributed by atoms with Crippen molar-refractivity contribution >= 4 is 57.7 Å². The number of pyridine rings is 1. The Balaban J connectivity index is 1.52. The van der Waals surface area contributed by atoms with Gasteiger partial charge in [-0.2, -0.15) is 5.26 Å². The quantitative estimate of drug-likeness (QED) is 0.103. The smallest absolute Gasteiger partial charge is 0.351 e. The van der Waals surface area contributed by atoms with Crippen LogP contribution in [0.25, 0.3) is 11.0 Å². The molecule has 4 rings (SSSR count). The number of aliphatic hydroxyl groups excluding tert-OH is 2. The first kappa shape index (κ1) is 38.0. The maximum Gasteiger partial charge on any atom is 0.351 e. The number of sulfone groups is 1. The van der Waals surface area contributed by atoms with Gasteiger partial charge in [0, 0.05) is 17.6 Å². The van der Waals surface area contributed by atoms with Gasteiger partial charge in [-0.3, -0.25) is 23.2 Å². The predicted octanol–water partition coefficient (Wildman–Crippen LogP) is 3.45. The number of nitrogens with zero attached hydrogens (tertiary/aromatic N) is 3. The summed E-state index contributed by atoms with van der Waals surface area (Å²) in [7, 11) is -9.10. The van der Waals surface area contributed by atoms with E-state index in [-0.39, 0.29) is 22.4 Å². The Labute approximate surface area is 283 Å². The average Bonchev–Trinajstić information content (AvgIpc) is 3.73. The van der Waals surface area contributed by atoms with Gasteiger partial charge in [0.2, 0.25) is 13.6 Å². The zero-order chi connectivity index (χ0) is 35.4. The highest BCUT2D eigenvalue weighted by Crippen LogP contribution is 2.50. The van der Waals surface area contributed by atoms with E-state index >= 15 is 0 Å². The van der Waals surface area contributed by atoms with Gasteiger partial charge in [0.1, 0.15) is 35.6 Å². The van der Waals surface area contributed by atoms with E-state index < -0.39 is 90.6 Å². The monoisotopic (exact) mass is 734 g/mol. The molecule has 3 N–H and O–H groups in total. The number of carbonyl (C=O) groups is 2. The Morgan fingerprint density at radius 2 is 1.71 bits per heavy atom. The van der Waals surface area contributed by atoms with Crippen molar-refractivity contribution in [1.82, 2.24) is 9.55 Å². The van der Waals surface area contributed by atoms with Gasteiger partial charge >= 0.3 is 19.5 Å². The van der Waals surface area contributed by atoms with Crippen molar-refractivity contribution in [3.8, 4) is 6.07 Å². The zero-order valence-electron chi connectivity index (χ0n) is 26.9. The number of anilines is 1. The minimum Gasteiger partial charge on any atom is -0.438 e. The van der Waals surface area contributed by atoms with Crippen LogP contribution in [0.15, 0.2) is 12.3 Å². The third kappa shape index (κ3) is 9.05. The van der Waals surface area contributed by atoms with Crippen molar-refractivity contribution in [3.05, 3.63) is 23.0 Å². The fourth-order valence-corrected chi connectivity index (χ4v) is 9.72. The molecular formula is C29H40ClN4O12PS. The summed E-state index contributed by atoms with van der Waals surface area (Å²) in [5.41, 5.74) is -0.420. The molecule has 0 bridgehead atoms. The van der Waals surface area contributed by atoms with Gasteiger partial charge in [0.25, 0.3) is 0 Å². The second-order valence-electron chi connectivity index (χ2n) is 12.3. The molecule has 16 nitrogen and oxygen atoms in total. The number of esters is 2. The van der Waals surface area contributed by atoms with Gasteiger partial charge in [-0.15, -0.1) is 0 Å². The molecule has 0 amide bonds. The zero-order valence-corrected chi connectivity index (χ0v) is 29.4. The SMILES string of the molecule is CC(C)C(=O)OCOP(=O)(CS(=O)(=O)C[C@H]1O[C@H](n2ccc3c(NC4CCCC4)c(C#N)c(Cl)nc32)[C@H](O)[C@@H]1O)OCOC(=O)C(C)C. The first-order valence-corrected chi connectivity index (χ1v) is 19.3. The molecule has 0 unspecified atom stereocenters.